The Labute approximate surface area is 189 Å². The Morgan fingerprint density at radius 1 is 0.882 bits per heavy atom. The molecule has 34 heavy (non-hydrogen) atoms. The zero-order chi connectivity index (χ0) is 24.2. The molecule has 0 unspecified atom stereocenters. The van der Waals surface area contributed by atoms with E-state index in [2.05, 4.69) is 10.3 Å². The lowest BCUT2D eigenvalue weighted by atomic mass is 10.0. The van der Waals surface area contributed by atoms with Crippen LogP contribution in [0.2, 0.25) is 0 Å². The average Bonchev–Trinajstić information content (AvgIpc) is 2.80. The fraction of sp³-hybridized carbons (Fsp3) is 0.217. The first-order chi connectivity index (χ1) is 16.1. The largest absolute Gasteiger partial charge is 0.419 e. The molecule has 1 amide bonds. The molecule has 5 rings (SSSR count). The minimum Gasteiger partial charge on any atom is -0.324 e. The molecule has 2 bridgehead atoms. The first-order valence-corrected chi connectivity index (χ1v) is 10.4. The van der Waals surface area contributed by atoms with Crippen molar-refractivity contribution >= 4 is 23.0 Å². The van der Waals surface area contributed by atoms with Crippen LogP contribution in [0, 0.1) is 11.6 Å². The summed E-state index contributed by atoms with van der Waals surface area (Å²) in [5.41, 5.74) is -1.27. The summed E-state index contributed by atoms with van der Waals surface area (Å²) < 4.78 is 69.8. The molecule has 176 valence electrons. The van der Waals surface area contributed by atoms with E-state index in [9.17, 15) is 31.5 Å². The van der Waals surface area contributed by atoms with Crippen molar-refractivity contribution in [3.63, 3.8) is 0 Å². The third-order valence-corrected chi connectivity index (χ3v) is 5.95. The molecule has 0 spiro atoms. The number of nitrogens with zero attached hydrogens (tertiary/aromatic N) is 2. The molecule has 0 radical (unpaired) electrons. The Morgan fingerprint density at radius 2 is 1.68 bits per heavy atom. The van der Waals surface area contributed by atoms with E-state index in [1.807, 2.05) is 0 Å². The Kier molecular flexibility index (Phi) is 5.16. The SMILES string of the molecule is O=C1c2cc(F)c(C(F)(F)F)cc2N2CN1c1ccc(=O)[nH]c1CCNCc1c(F)cccc12. The minimum absolute atomic E-state index is 0.0432. The van der Waals surface area contributed by atoms with Crippen LogP contribution in [-0.2, 0) is 19.1 Å². The van der Waals surface area contributed by atoms with Crippen molar-refractivity contribution in [2.45, 2.75) is 19.1 Å². The van der Waals surface area contributed by atoms with Crippen LogP contribution in [0.1, 0.15) is 27.2 Å². The number of carbonyl (C=O) groups excluding carboxylic acids is 1. The van der Waals surface area contributed by atoms with Gasteiger partial charge in [0, 0.05) is 36.8 Å². The molecular formula is C23H17F5N4O2. The van der Waals surface area contributed by atoms with Gasteiger partial charge in [-0.1, -0.05) is 6.07 Å². The van der Waals surface area contributed by atoms with Gasteiger partial charge in [0.1, 0.15) is 18.3 Å². The van der Waals surface area contributed by atoms with Crippen LogP contribution in [-0.4, -0.2) is 24.1 Å². The molecule has 0 atom stereocenters. The Balaban J connectivity index is 1.80. The quantitative estimate of drug-likeness (QED) is 0.480. The first kappa shape index (κ1) is 22.1. The van der Waals surface area contributed by atoms with E-state index in [0.717, 1.165) is 0 Å². The van der Waals surface area contributed by atoms with E-state index < -0.39 is 34.8 Å². The number of rotatable bonds is 0. The van der Waals surface area contributed by atoms with Gasteiger partial charge in [-0.25, -0.2) is 8.78 Å². The van der Waals surface area contributed by atoms with Gasteiger partial charge in [-0.15, -0.1) is 0 Å². The zero-order valence-electron chi connectivity index (χ0n) is 17.5. The van der Waals surface area contributed by atoms with Crippen molar-refractivity contribution in [1.82, 2.24) is 10.3 Å². The van der Waals surface area contributed by atoms with Crippen LogP contribution < -0.4 is 20.7 Å². The molecule has 3 aromatic rings. The van der Waals surface area contributed by atoms with Gasteiger partial charge in [0.05, 0.1) is 28.2 Å². The van der Waals surface area contributed by atoms with Gasteiger partial charge in [-0.2, -0.15) is 13.2 Å². The molecule has 2 aliphatic rings. The van der Waals surface area contributed by atoms with Crippen LogP contribution in [0.5, 0.6) is 0 Å². The van der Waals surface area contributed by atoms with Gasteiger partial charge in [0.2, 0.25) is 5.56 Å². The lowest BCUT2D eigenvalue weighted by Gasteiger charge is -2.39. The second kappa shape index (κ2) is 7.94. The van der Waals surface area contributed by atoms with Crippen molar-refractivity contribution in [2.75, 3.05) is 23.0 Å². The number of hydrogen-bond donors (Lipinski definition) is 2. The zero-order valence-corrected chi connectivity index (χ0v) is 17.5. The molecule has 0 saturated heterocycles. The van der Waals surface area contributed by atoms with Crippen molar-refractivity contribution in [2.24, 2.45) is 0 Å². The van der Waals surface area contributed by atoms with Gasteiger partial charge in [0.25, 0.3) is 5.91 Å². The van der Waals surface area contributed by atoms with Crippen LogP contribution in [0.4, 0.5) is 39.0 Å². The molecule has 2 aromatic carbocycles. The monoisotopic (exact) mass is 476 g/mol. The summed E-state index contributed by atoms with van der Waals surface area (Å²) in [6.07, 6.45) is -4.71. The lowest BCUT2D eigenvalue weighted by molar-refractivity contribution is -0.139. The normalized spacial score (nSPS) is 15.9. The highest BCUT2D eigenvalue weighted by Crippen LogP contribution is 2.42. The molecule has 2 N–H and O–H groups in total. The van der Waals surface area contributed by atoms with Crippen molar-refractivity contribution in [1.29, 1.82) is 0 Å². The number of pyridine rings is 1. The summed E-state index contributed by atoms with van der Waals surface area (Å²) in [6, 6.07) is 7.96. The lowest BCUT2D eigenvalue weighted by Crippen LogP contribution is -2.46. The maximum absolute atomic E-state index is 14.8. The third-order valence-electron chi connectivity index (χ3n) is 5.95. The Morgan fingerprint density at radius 3 is 2.44 bits per heavy atom. The molecule has 0 fully saturated rings. The Hall–Kier alpha value is -3.73. The van der Waals surface area contributed by atoms with E-state index in [1.54, 1.807) is 0 Å². The number of carbonyl (C=O) groups is 1. The van der Waals surface area contributed by atoms with Crippen molar-refractivity contribution in [3.05, 3.63) is 86.8 Å². The highest BCUT2D eigenvalue weighted by atomic mass is 19.4. The number of alkyl halides is 3. The molecule has 6 nitrogen and oxygen atoms in total. The molecular weight excluding hydrogens is 459 g/mol. The number of fused-ring (bicyclic) bond motifs is 8. The smallest absolute Gasteiger partial charge is 0.324 e. The molecule has 2 aliphatic heterocycles. The van der Waals surface area contributed by atoms with E-state index in [4.69, 9.17) is 0 Å². The number of aromatic nitrogens is 1. The van der Waals surface area contributed by atoms with Gasteiger partial charge in [0.15, 0.2) is 0 Å². The molecule has 11 heteroatoms. The van der Waals surface area contributed by atoms with Gasteiger partial charge < -0.3 is 15.2 Å². The predicted octanol–water partition coefficient (Wildman–Crippen LogP) is 4.07. The summed E-state index contributed by atoms with van der Waals surface area (Å²) in [6.45, 7) is 0.0916. The minimum atomic E-state index is -4.99. The first-order valence-electron chi connectivity index (χ1n) is 10.4. The van der Waals surface area contributed by atoms with Crippen molar-refractivity contribution in [3.8, 4) is 0 Å². The van der Waals surface area contributed by atoms with Crippen molar-refractivity contribution < 1.29 is 26.7 Å². The van der Waals surface area contributed by atoms with E-state index >= 15 is 0 Å². The number of halogens is 5. The number of H-pyrrole nitrogens is 1. The number of hydrogen-bond acceptors (Lipinski definition) is 4. The van der Waals surface area contributed by atoms with E-state index in [0.29, 0.717) is 30.1 Å². The van der Waals surface area contributed by atoms with Gasteiger partial charge in [-0.3, -0.25) is 14.5 Å². The van der Waals surface area contributed by atoms with Crippen LogP contribution in [0.15, 0.2) is 47.3 Å². The maximum atomic E-state index is 14.8. The number of benzene rings is 2. The standard InChI is InChI=1S/C23H17F5N4O2/c24-15-2-1-3-18-13(15)10-29-7-6-17-19(4-5-21(33)30-17)32-11-31(18)20-9-14(23(26,27)28)16(25)8-12(20)22(32)34/h1-5,8-9,29H,6-7,10-11H2,(H,30,33). The second-order valence-corrected chi connectivity index (χ2v) is 8.00. The summed E-state index contributed by atoms with van der Waals surface area (Å²) >= 11 is 0. The van der Waals surface area contributed by atoms with E-state index in [1.165, 1.54) is 40.1 Å². The molecule has 0 aliphatic carbocycles. The molecule has 3 heterocycles. The van der Waals surface area contributed by atoms with E-state index in [-0.39, 0.29) is 42.1 Å². The summed E-state index contributed by atoms with van der Waals surface area (Å²) in [7, 11) is 0. The summed E-state index contributed by atoms with van der Waals surface area (Å²) in [5, 5.41) is 3.07. The highest BCUT2D eigenvalue weighted by Gasteiger charge is 2.40. The fourth-order valence-electron chi connectivity index (χ4n) is 4.35. The number of aromatic amines is 1. The maximum Gasteiger partial charge on any atom is 0.419 e. The van der Waals surface area contributed by atoms with Crippen LogP contribution >= 0.6 is 0 Å². The topological polar surface area (TPSA) is 68.4 Å². The van der Waals surface area contributed by atoms with Crippen LogP contribution in [0.3, 0.4) is 0 Å². The molecule has 1 aromatic heterocycles. The third kappa shape index (κ3) is 3.61. The van der Waals surface area contributed by atoms with Gasteiger partial charge >= 0.3 is 6.18 Å². The number of amides is 1. The highest BCUT2D eigenvalue weighted by molar-refractivity contribution is 6.13. The van der Waals surface area contributed by atoms with Crippen LogP contribution in [0.25, 0.3) is 0 Å². The summed E-state index contributed by atoms with van der Waals surface area (Å²) in [4.78, 5) is 30.6. The number of nitrogens with one attached hydrogen (secondary N) is 2. The predicted molar refractivity (Wildman–Crippen MR) is 114 cm³/mol. The second-order valence-electron chi connectivity index (χ2n) is 8.00. The fourth-order valence-corrected chi connectivity index (χ4v) is 4.35. The summed E-state index contributed by atoms with van der Waals surface area (Å²) in [5.74, 6) is -2.91. The Bertz CT molecular complexity index is 1370. The van der Waals surface area contributed by atoms with Gasteiger partial charge in [-0.05, 0) is 30.3 Å². The average molecular weight is 476 g/mol. The molecule has 0 saturated carbocycles. The number of anilines is 3.